The average Bonchev–Trinajstić information content (AvgIpc) is 2.57. The summed E-state index contributed by atoms with van der Waals surface area (Å²) in [4.78, 5) is 7.26. The van der Waals surface area contributed by atoms with E-state index in [0.717, 1.165) is 51.4 Å². The minimum atomic E-state index is 0. The van der Waals surface area contributed by atoms with E-state index < -0.39 is 0 Å². The van der Waals surface area contributed by atoms with Gasteiger partial charge in [0.15, 0.2) is 5.96 Å². The van der Waals surface area contributed by atoms with Gasteiger partial charge < -0.3 is 15.3 Å². The van der Waals surface area contributed by atoms with E-state index in [1.165, 1.54) is 11.1 Å². The summed E-state index contributed by atoms with van der Waals surface area (Å²) < 4.78 is 0. The van der Waals surface area contributed by atoms with Crippen LogP contribution in [0.3, 0.4) is 0 Å². The second-order valence-corrected chi connectivity index (χ2v) is 7.14. The van der Waals surface area contributed by atoms with E-state index in [-0.39, 0.29) is 30.6 Å². The van der Waals surface area contributed by atoms with Crippen LogP contribution in [0.25, 0.3) is 0 Å². The largest absolute Gasteiger partial charge is 0.396 e. The number of aliphatic hydroxyl groups is 1. The molecule has 0 bridgehead atoms. The molecule has 0 amide bonds. The molecule has 1 aromatic rings. The van der Waals surface area contributed by atoms with E-state index in [4.69, 9.17) is 4.99 Å². The van der Waals surface area contributed by atoms with Crippen molar-refractivity contribution >= 4 is 29.9 Å². The number of hydrogen-bond acceptors (Lipinski definition) is 2. The Morgan fingerprint density at radius 2 is 2.00 bits per heavy atom. The fourth-order valence-electron chi connectivity index (χ4n) is 3.45. The van der Waals surface area contributed by atoms with Crippen LogP contribution in [0.4, 0.5) is 0 Å². The van der Waals surface area contributed by atoms with Gasteiger partial charge >= 0.3 is 0 Å². The number of halogens is 1. The van der Waals surface area contributed by atoms with Crippen LogP contribution in [0.2, 0.25) is 0 Å². The molecule has 0 saturated heterocycles. The van der Waals surface area contributed by atoms with E-state index in [1.807, 2.05) is 0 Å². The van der Waals surface area contributed by atoms with Crippen molar-refractivity contribution < 1.29 is 5.11 Å². The SMILES string of the molecule is CCNC(=NCC(CCO)CC(C)C)N1CCc2ccccc2C1.I. The van der Waals surface area contributed by atoms with Gasteiger partial charge in [0.05, 0.1) is 0 Å². The second-order valence-electron chi connectivity index (χ2n) is 7.14. The molecule has 5 heteroatoms. The molecule has 0 aromatic heterocycles. The van der Waals surface area contributed by atoms with Crippen LogP contribution in [0, 0.1) is 11.8 Å². The Bertz CT molecular complexity index is 533. The maximum absolute atomic E-state index is 9.30. The fraction of sp³-hybridized carbons (Fsp3) is 0.650. The van der Waals surface area contributed by atoms with Gasteiger partial charge in [0.25, 0.3) is 0 Å². The summed E-state index contributed by atoms with van der Waals surface area (Å²) in [6.45, 7) is 10.5. The Morgan fingerprint density at radius 3 is 2.64 bits per heavy atom. The van der Waals surface area contributed by atoms with Crippen molar-refractivity contribution in [2.45, 2.75) is 46.6 Å². The molecular formula is C20H34IN3O. The quantitative estimate of drug-likeness (QED) is 0.372. The average molecular weight is 459 g/mol. The maximum atomic E-state index is 9.30. The number of aliphatic hydroxyl groups excluding tert-OH is 1. The lowest BCUT2D eigenvalue weighted by molar-refractivity contribution is 0.245. The summed E-state index contributed by atoms with van der Waals surface area (Å²) >= 11 is 0. The number of fused-ring (bicyclic) bond motifs is 1. The van der Waals surface area contributed by atoms with Crippen LogP contribution in [0.5, 0.6) is 0 Å². The lowest BCUT2D eigenvalue weighted by Gasteiger charge is -2.32. The monoisotopic (exact) mass is 459 g/mol. The van der Waals surface area contributed by atoms with Crippen molar-refractivity contribution in [1.82, 2.24) is 10.2 Å². The number of nitrogens with zero attached hydrogens (tertiary/aromatic N) is 2. The molecule has 4 nitrogen and oxygen atoms in total. The van der Waals surface area contributed by atoms with Gasteiger partial charge in [-0.2, -0.15) is 0 Å². The first-order valence-corrected chi connectivity index (χ1v) is 9.34. The number of hydrogen-bond donors (Lipinski definition) is 2. The van der Waals surface area contributed by atoms with Crippen molar-refractivity contribution in [3.8, 4) is 0 Å². The summed E-state index contributed by atoms with van der Waals surface area (Å²) in [7, 11) is 0. The third kappa shape index (κ3) is 7.13. The number of rotatable bonds is 7. The lowest BCUT2D eigenvalue weighted by Crippen LogP contribution is -2.44. The molecule has 142 valence electrons. The van der Waals surface area contributed by atoms with Crippen molar-refractivity contribution in [2.75, 3.05) is 26.2 Å². The number of benzene rings is 1. The smallest absolute Gasteiger partial charge is 0.194 e. The molecule has 1 aromatic carbocycles. The predicted octanol–water partition coefficient (Wildman–Crippen LogP) is 3.67. The molecule has 1 atom stereocenters. The Labute approximate surface area is 170 Å². The standard InChI is InChI=1S/C20H33N3O.HI/c1-4-21-20(22-14-17(10-12-24)13-16(2)3)23-11-9-18-7-5-6-8-19(18)15-23;/h5-8,16-17,24H,4,9-15H2,1-3H3,(H,21,22);1H. The van der Waals surface area contributed by atoms with Crippen molar-refractivity contribution in [2.24, 2.45) is 16.8 Å². The molecule has 1 aliphatic heterocycles. The number of guanidine groups is 1. The van der Waals surface area contributed by atoms with Crippen LogP contribution in [-0.2, 0) is 13.0 Å². The second kappa shape index (κ2) is 11.7. The summed E-state index contributed by atoms with van der Waals surface area (Å²) in [5, 5.41) is 12.7. The maximum Gasteiger partial charge on any atom is 0.194 e. The fourth-order valence-corrected chi connectivity index (χ4v) is 3.45. The topological polar surface area (TPSA) is 47.9 Å². The number of aliphatic imine (C=N–C) groups is 1. The van der Waals surface area contributed by atoms with Crippen molar-refractivity contribution in [1.29, 1.82) is 0 Å². The van der Waals surface area contributed by atoms with Gasteiger partial charge in [-0.15, -0.1) is 24.0 Å². The summed E-state index contributed by atoms with van der Waals surface area (Å²) in [5.74, 6) is 2.11. The van der Waals surface area contributed by atoms with E-state index in [1.54, 1.807) is 0 Å². The summed E-state index contributed by atoms with van der Waals surface area (Å²) in [6.07, 6.45) is 3.03. The van der Waals surface area contributed by atoms with Gasteiger partial charge in [0.2, 0.25) is 0 Å². The molecule has 25 heavy (non-hydrogen) atoms. The van der Waals surface area contributed by atoms with Crippen molar-refractivity contribution in [3.63, 3.8) is 0 Å². The van der Waals surface area contributed by atoms with Crippen LogP contribution >= 0.6 is 24.0 Å². The molecule has 2 N–H and O–H groups in total. The van der Waals surface area contributed by atoms with E-state index in [9.17, 15) is 5.11 Å². The molecule has 1 unspecified atom stereocenters. The van der Waals surface area contributed by atoms with Gasteiger partial charge in [-0.05, 0) is 49.1 Å². The van der Waals surface area contributed by atoms with E-state index in [2.05, 4.69) is 55.3 Å². The molecule has 1 heterocycles. The first kappa shape index (κ1) is 22.2. The molecule has 0 fully saturated rings. The Morgan fingerprint density at radius 1 is 1.28 bits per heavy atom. The molecule has 2 rings (SSSR count). The zero-order valence-corrected chi connectivity index (χ0v) is 18.2. The molecule has 0 radical (unpaired) electrons. The zero-order chi connectivity index (χ0) is 17.4. The minimum Gasteiger partial charge on any atom is -0.396 e. The summed E-state index contributed by atoms with van der Waals surface area (Å²) in [6, 6.07) is 8.69. The third-order valence-corrected chi connectivity index (χ3v) is 4.61. The Kier molecular flexibility index (Phi) is 10.4. The summed E-state index contributed by atoms with van der Waals surface area (Å²) in [5.41, 5.74) is 2.87. The van der Waals surface area contributed by atoms with Crippen molar-refractivity contribution in [3.05, 3.63) is 35.4 Å². The molecule has 1 aliphatic rings. The molecule has 0 spiro atoms. The predicted molar refractivity (Wildman–Crippen MR) is 117 cm³/mol. The van der Waals surface area contributed by atoms with E-state index >= 15 is 0 Å². The highest BCUT2D eigenvalue weighted by Crippen LogP contribution is 2.19. The Hall–Kier alpha value is -0.820. The van der Waals surface area contributed by atoms with Crippen LogP contribution in [0.1, 0.15) is 44.7 Å². The lowest BCUT2D eigenvalue weighted by atomic mass is 9.94. The Balaban J connectivity index is 0.00000312. The highest BCUT2D eigenvalue weighted by atomic mass is 127. The van der Waals surface area contributed by atoms with Crippen LogP contribution in [-0.4, -0.2) is 42.2 Å². The highest BCUT2D eigenvalue weighted by Gasteiger charge is 2.19. The first-order chi connectivity index (χ1) is 11.6. The van der Waals surface area contributed by atoms with Gasteiger partial charge in [-0.3, -0.25) is 4.99 Å². The van der Waals surface area contributed by atoms with Crippen LogP contribution < -0.4 is 5.32 Å². The molecule has 0 aliphatic carbocycles. The third-order valence-electron chi connectivity index (χ3n) is 4.61. The molecular weight excluding hydrogens is 425 g/mol. The van der Waals surface area contributed by atoms with E-state index in [0.29, 0.717) is 11.8 Å². The van der Waals surface area contributed by atoms with Gasteiger partial charge in [0, 0.05) is 32.8 Å². The zero-order valence-electron chi connectivity index (χ0n) is 15.9. The van der Waals surface area contributed by atoms with Gasteiger partial charge in [0.1, 0.15) is 0 Å². The minimum absolute atomic E-state index is 0. The van der Waals surface area contributed by atoms with Gasteiger partial charge in [-0.25, -0.2) is 0 Å². The number of nitrogens with one attached hydrogen (secondary N) is 1. The normalized spacial score (nSPS) is 15.6. The van der Waals surface area contributed by atoms with Crippen LogP contribution in [0.15, 0.2) is 29.3 Å². The molecule has 0 saturated carbocycles. The highest BCUT2D eigenvalue weighted by molar-refractivity contribution is 14.0. The first-order valence-electron chi connectivity index (χ1n) is 9.34. The van der Waals surface area contributed by atoms with Gasteiger partial charge in [-0.1, -0.05) is 38.1 Å².